The zero-order chi connectivity index (χ0) is 23.1. The summed E-state index contributed by atoms with van der Waals surface area (Å²) in [5.74, 6) is -0.528. The molecule has 9 nitrogen and oxygen atoms in total. The molecule has 166 valence electrons. The van der Waals surface area contributed by atoms with Gasteiger partial charge in [-0.2, -0.15) is 5.10 Å². The Morgan fingerprint density at radius 2 is 1.69 bits per heavy atom. The third-order valence-corrected chi connectivity index (χ3v) is 6.92. The minimum Gasteiger partial charge on any atom is -0.484 e. The highest BCUT2D eigenvalue weighted by molar-refractivity contribution is 7.94. The fourth-order valence-corrected chi connectivity index (χ4v) is 4.57. The van der Waals surface area contributed by atoms with Crippen molar-refractivity contribution in [3.05, 3.63) is 77.2 Å². The first-order chi connectivity index (χ1) is 15.2. The fraction of sp³-hybridized carbons (Fsp3) is 0.0952. The van der Waals surface area contributed by atoms with Gasteiger partial charge in [0.15, 0.2) is 6.61 Å². The molecule has 1 heterocycles. The first-order valence-electron chi connectivity index (χ1n) is 9.27. The van der Waals surface area contributed by atoms with Gasteiger partial charge in [0.1, 0.15) is 9.96 Å². The van der Waals surface area contributed by atoms with Crippen molar-refractivity contribution in [2.45, 2.75) is 11.1 Å². The monoisotopic (exact) mass is 472 g/mol. The topological polar surface area (TPSA) is 140 Å². The van der Waals surface area contributed by atoms with Crippen molar-refractivity contribution in [3.63, 3.8) is 0 Å². The van der Waals surface area contributed by atoms with Gasteiger partial charge in [0, 0.05) is 11.3 Å². The molecular formula is C21H20N4O5S2. The van der Waals surface area contributed by atoms with E-state index in [9.17, 15) is 18.0 Å². The molecule has 4 N–H and O–H groups in total. The van der Waals surface area contributed by atoms with Crippen LogP contribution in [0.15, 0.2) is 75.4 Å². The number of nitrogens with zero attached hydrogens (tertiary/aromatic N) is 1. The normalized spacial score (nSPS) is 11.6. The highest BCUT2D eigenvalue weighted by Crippen LogP contribution is 2.20. The van der Waals surface area contributed by atoms with Gasteiger partial charge in [-0.25, -0.2) is 13.8 Å². The number of hydrogen-bond acceptors (Lipinski definition) is 7. The van der Waals surface area contributed by atoms with Gasteiger partial charge in [0.2, 0.25) is 0 Å². The third-order valence-electron chi connectivity index (χ3n) is 4.14. The van der Waals surface area contributed by atoms with Crippen LogP contribution in [-0.2, 0) is 14.8 Å². The van der Waals surface area contributed by atoms with E-state index < -0.39 is 21.8 Å². The maximum absolute atomic E-state index is 12.3. The summed E-state index contributed by atoms with van der Waals surface area (Å²) in [5, 5.41) is 5.76. The summed E-state index contributed by atoms with van der Waals surface area (Å²) in [6.07, 6.45) is 0. The highest BCUT2D eigenvalue weighted by Gasteiger charge is 2.15. The van der Waals surface area contributed by atoms with E-state index in [1.807, 2.05) is 0 Å². The van der Waals surface area contributed by atoms with Gasteiger partial charge in [-0.3, -0.25) is 14.3 Å². The summed E-state index contributed by atoms with van der Waals surface area (Å²) in [6.45, 7) is 1.51. The van der Waals surface area contributed by atoms with E-state index in [2.05, 4.69) is 15.2 Å². The lowest BCUT2D eigenvalue weighted by molar-refractivity contribution is -0.119. The minimum atomic E-state index is -3.65. The van der Waals surface area contributed by atoms with Gasteiger partial charge < -0.3 is 10.5 Å². The molecule has 0 saturated carbocycles. The predicted molar refractivity (Wildman–Crippen MR) is 122 cm³/mol. The molecule has 32 heavy (non-hydrogen) atoms. The first-order valence-corrected chi connectivity index (χ1v) is 11.6. The van der Waals surface area contributed by atoms with Crippen LogP contribution in [0.2, 0.25) is 0 Å². The molecule has 0 saturated heterocycles. The quantitative estimate of drug-likeness (QED) is 0.324. The van der Waals surface area contributed by atoms with Gasteiger partial charge in [0.05, 0.1) is 5.71 Å². The fourth-order valence-electron chi connectivity index (χ4n) is 2.52. The van der Waals surface area contributed by atoms with Gasteiger partial charge in [0.25, 0.3) is 21.8 Å². The Kier molecular flexibility index (Phi) is 7.23. The molecular weight excluding hydrogens is 452 g/mol. The van der Waals surface area contributed by atoms with Crippen LogP contribution in [0.25, 0.3) is 0 Å². The Balaban J connectivity index is 1.59. The van der Waals surface area contributed by atoms with Crippen LogP contribution >= 0.6 is 11.3 Å². The second-order valence-electron chi connectivity index (χ2n) is 6.53. The van der Waals surface area contributed by atoms with Crippen LogP contribution in [0.3, 0.4) is 0 Å². The van der Waals surface area contributed by atoms with Gasteiger partial charge in [-0.05, 0) is 72.5 Å². The van der Waals surface area contributed by atoms with E-state index in [4.69, 9.17) is 10.5 Å². The van der Waals surface area contributed by atoms with E-state index in [-0.39, 0.29) is 10.8 Å². The number of ether oxygens (including phenoxy) is 1. The number of carbonyl (C=O) groups excluding carboxylic acids is 2. The number of rotatable bonds is 9. The molecule has 0 aliphatic heterocycles. The maximum atomic E-state index is 12.3. The highest BCUT2D eigenvalue weighted by atomic mass is 32.2. The van der Waals surface area contributed by atoms with Crippen molar-refractivity contribution in [2.75, 3.05) is 11.3 Å². The molecule has 0 atom stereocenters. The van der Waals surface area contributed by atoms with Crippen LogP contribution in [0.4, 0.5) is 5.69 Å². The summed E-state index contributed by atoms with van der Waals surface area (Å²) in [5.41, 5.74) is 9.46. The Bertz CT molecular complexity index is 1220. The number of amides is 2. The number of thiophene rings is 1. The van der Waals surface area contributed by atoms with Crippen molar-refractivity contribution in [3.8, 4) is 5.75 Å². The SMILES string of the molecule is C/C(=N/NC(=O)c1ccc(NS(=O)(=O)c2cccs2)cc1)c1ccc(OCC(N)=O)cc1. The molecule has 1 aromatic heterocycles. The van der Waals surface area contributed by atoms with E-state index in [1.165, 1.54) is 30.3 Å². The molecule has 0 unspecified atom stereocenters. The van der Waals surface area contributed by atoms with Gasteiger partial charge >= 0.3 is 0 Å². The lowest BCUT2D eigenvalue weighted by Crippen LogP contribution is -2.20. The molecule has 0 aliphatic rings. The maximum Gasteiger partial charge on any atom is 0.271 e. The molecule has 0 aliphatic carbocycles. The Morgan fingerprint density at radius 3 is 2.28 bits per heavy atom. The molecule has 3 aromatic rings. The second kappa shape index (κ2) is 10.1. The van der Waals surface area contributed by atoms with E-state index in [0.29, 0.717) is 22.7 Å². The Hall–Kier alpha value is -3.70. The van der Waals surface area contributed by atoms with E-state index >= 15 is 0 Å². The first kappa shape index (κ1) is 23.0. The van der Waals surface area contributed by atoms with Crippen LogP contribution in [0.5, 0.6) is 5.75 Å². The van der Waals surface area contributed by atoms with Crippen molar-refractivity contribution in [2.24, 2.45) is 10.8 Å². The number of nitrogens with one attached hydrogen (secondary N) is 2. The second-order valence-corrected chi connectivity index (χ2v) is 9.39. The average molecular weight is 473 g/mol. The number of hydrogen-bond donors (Lipinski definition) is 3. The average Bonchev–Trinajstić information content (AvgIpc) is 3.32. The number of nitrogens with two attached hydrogens (primary N) is 1. The van der Waals surface area contributed by atoms with Crippen molar-refractivity contribution in [1.82, 2.24) is 5.43 Å². The number of carbonyl (C=O) groups is 2. The van der Waals surface area contributed by atoms with E-state index in [1.54, 1.807) is 42.6 Å². The zero-order valence-electron chi connectivity index (χ0n) is 16.9. The summed E-state index contributed by atoms with van der Waals surface area (Å²) < 4.78 is 32.4. The molecule has 2 aromatic carbocycles. The molecule has 2 amide bonds. The molecule has 0 fully saturated rings. The van der Waals surface area contributed by atoms with Crippen LogP contribution in [0, 0.1) is 0 Å². The lowest BCUT2D eigenvalue weighted by Gasteiger charge is -2.08. The largest absolute Gasteiger partial charge is 0.484 e. The third kappa shape index (κ3) is 6.15. The summed E-state index contributed by atoms with van der Waals surface area (Å²) in [7, 11) is -3.65. The minimum absolute atomic E-state index is 0.205. The van der Waals surface area contributed by atoms with Crippen molar-refractivity contribution < 1.29 is 22.7 Å². The Labute approximate surface area is 189 Å². The standard InChI is InChI=1S/C21H20N4O5S2/c1-14(15-6-10-18(11-7-15)30-13-19(22)26)23-24-21(27)16-4-8-17(9-5-16)25-32(28,29)20-3-2-12-31-20/h2-12,25H,13H2,1H3,(H2,22,26)(H,24,27)/b23-14-. The number of hydrazone groups is 1. The van der Waals surface area contributed by atoms with Crippen LogP contribution in [0.1, 0.15) is 22.8 Å². The number of benzene rings is 2. The molecule has 0 spiro atoms. The van der Waals surface area contributed by atoms with Crippen LogP contribution < -0.4 is 20.6 Å². The number of primary amides is 1. The predicted octanol–water partition coefficient (Wildman–Crippen LogP) is 2.57. The van der Waals surface area contributed by atoms with E-state index in [0.717, 1.165) is 16.9 Å². The van der Waals surface area contributed by atoms with Crippen molar-refractivity contribution >= 4 is 44.6 Å². The van der Waals surface area contributed by atoms with Crippen LogP contribution in [-0.4, -0.2) is 32.6 Å². The zero-order valence-corrected chi connectivity index (χ0v) is 18.6. The molecule has 11 heteroatoms. The number of anilines is 1. The van der Waals surface area contributed by atoms with Gasteiger partial charge in [-0.1, -0.05) is 6.07 Å². The molecule has 0 bridgehead atoms. The smallest absolute Gasteiger partial charge is 0.271 e. The molecule has 3 rings (SSSR count). The number of sulfonamides is 1. The summed E-state index contributed by atoms with van der Waals surface area (Å²) in [4.78, 5) is 23.1. The van der Waals surface area contributed by atoms with Gasteiger partial charge in [-0.15, -0.1) is 11.3 Å². The summed E-state index contributed by atoms with van der Waals surface area (Å²) >= 11 is 1.11. The summed E-state index contributed by atoms with van der Waals surface area (Å²) in [6, 6.07) is 15.9. The molecule has 0 radical (unpaired) electrons. The lowest BCUT2D eigenvalue weighted by atomic mass is 10.1. The van der Waals surface area contributed by atoms with Crippen molar-refractivity contribution in [1.29, 1.82) is 0 Å². The Morgan fingerprint density at radius 1 is 1.03 bits per heavy atom.